The third-order valence-electron chi connectivity index (χ3n) is 5.27. The number of rotatable bonds is 7. The maximum absolute atomic E-state index is 13.0. The first-order valence-electron chi connectivity index (χ1n) is 9.56. The summed E-state index contributed by atoms with van der Waals surface area (Å²) in [6.45, 7) is 4.20. The Balaban J connectivity index is 1.52. The number of ether oxygens (including phenoxy) is 1. The second-order valence-electron chi connectivity index (χ2n) is 7.09. The van der Waals surface area contributed by atoms with E-state index < -0.39 is 10.0 Å². The molecular formula is C18H26N4O3S2. The van der Waals surface area contributed by atoms with Gasteiger partial charge >= 0.3 is 0 Å². The molecular weight excluding hydrogens is 384 g/mol. The highest BCUT2D eigenvalue weighted by Crippen LogP contribution is 2.34. The molecule has 1 saturated heterocycles. The molecule has 148 valence electrons. The summed E-state index contributed by atoms with van der Waals surface area (Å²) in [7, 11) is -3.61. The zero-order valence-corrected chi connectivity index (χ0v) is 17.0. The summed E-state index contributed by atoms with van der Waals surface area (Å²) < 4.78 is 36.0. The van der Waals surface area contributed by atoms with Crippen LogP contribution in [0.5, 0.6) is 0 Å². The van der Waals surface area contributed by atoms with Gasteiger partial charge in [0, 0.05) is 32.4 Å². The largest absolute Gasteiger partial charge is 0.379 e. The highest BCUT2D eigenvalue weighted by atomic mass is 32.2. The lowest BCUT2D eigenvalue weighted by Crippen LogP contribution is -2.41. The molecule has 9 heteroatoms. The molecule has 1 N–H and O–H groups in total. The topological polar surface area (TPSA) is 76.5 Å². The Morgan fingerprint density at radius 3 is 2.74 bits per heavy atom. The third kappa shape index (κ3) is 4.43. The van der Waals surface area contributed by atoms with Crippen molar-refractivity contribution >= 4 is 21.4 Å². The van der Waals surface area contributed by atoms with Crippen LogP contribution in [0.1, 0.15) is 31.7 Å². The molecule has 0 radical (unpaired) electrons. The van der Waals surface area contributed by atoms with Crippen molar-refractivity contribution < 1.29 is 13.2 Å². The van der Waals surface area contributed by atoms with Gasteiger partial charge < -0.3 is 4.74 Å². The van der Waals surface area contributed by atoms with Gasteiger partial charge in [-0.25, -0.2) is 13.1 Å². The Bertz CT molecular complexity index is 836. The zero-order valence-electron chi connectivity index (χ0n) is 15.3. The third-order valence-corrected chi connectivity index (χ3v) is 7.60. The minimum absolute atomic E-state index is 0.291. The Morgan fingerprint density at radius 1 is 1.26 bits per heavy atom. The zero-order chi connectivity index (χ0) is 18.7. The number of nitrogens with one attached hydrogen (secondary N) is 1. The summed E-state index contributed by atoms with van der Waals surface area (Å²) in [5, 5.41) is 6.63. The Morgan fingerprint density at radius 2 is 2.04 bits per heavy atom. The van der Waals surface area contributed by atoms with Crippen molar-refractivity contribution in [2.75, 3.05) is 39.4 Å². The molecule has 1 aliphatic heterocycles. The molecule has 0 atom stereocenters. The molecule has 0 unspecified atom stereocenters. The predicted molar refractivity (Wildman–Crippen MR) is 105 cm³/mol. The number of morpholine rings is 1. The molecule has 1 saturated carbocycles. The molecule has 2 aromatic heterocycles. The van der Waals surface area contributed by atoms with E-state index in [0.29, 0.717) is 42.9 Å². The molecule has 7 nitrogen and oxygen atoms in total. The summed E-state index contributed by atoms with van der Waals surface area (Å²) in [5.41, 5.74) is 0.566. The van der Waals surface area contributed by atoms with Gasteiger partial charge in [-0.15, -0.1) is 11.3 Å². The van der Waals surface area contributed by atoms with E-state index in [2.05, 4.69) is 14.7 Å². The van der Waals surface area contributed by atoms with Crippen LogP contribution in [0.2, 0.25) is 0 Å². The highest BCUT2D eigenvalue weighted by Gasteiger charge is 2.27. The summed E-state index contributed by atoms with van der Waals surface area (Å²) in [5.74, 6) is 0. The van der Waals surface area contributed by atoms with Crippen LogP contribution in [0, 0.1) is 0 Å². The lowest BCUT2D eigenvalue weighted by Gasteiger charge is -2.26. The van der Waals surface area contributed by atoms with Crippen LogP contribution < -0.4 is 4.72 Å². The minimum atomic E-state index is -3.61. The second kappa shape index (κ2) is 8.40. The molecule has 0 bridgehead atoms. The monoisotopic (exact) mass is 410 g/mol. The molecule has 1 aliphatic carbocycles. The Kier molecular flexibility index (Phi) is 5.93. The number of sulfonamides is 1. The maximum Gasteiger partial charge on any atom is 0.244 e. The van der Waals surface area contributed by atoms with Crippen molar-refractivity contribution in [2.24, 2.45) is 0 Å². The summed E-state index contributed by atoms with van der Waals surface area (Å²) in [6, 6.07) is 4.16. The normalized spacial score (nSPS) is 19.7. The van der Waals surface area contributed by atoms with Gasteiger partial charge in [-0.1, -0.05) is 18.9 Å². The first kappa shape index (κ1) is 19.1. The molecule has 27 heavy (non-hydrogen) atoms. The lowest BCUT2D eigenvalue weighted by atomic mass is 10.3. The standard InChI is InChI=1S/C18H26N4O3S2/c23-27(24,19-7-8-21-9-11-25-12-10-21)17-14-22(15-4-1-2-5-15)20-18(17)16-6-3-13-26-16/h3,6,13-15,19H,1-2,4-5,7-12H2. The molecule has 3 heterocycles. The van der Waals surface area contributed by atoms with Gasteiger partial charge in [-0.2, -0.15) is 5.10 Å². The summed E-state index contributed by atoms with van der Waals surface area (Å²) >= 11 is 1.52. The van der Waals surface area contributed by atoms with Crippen molar-refractivity contribution in [3.8, 4) is 10.6 Å². The molecule has 0 aromatic carbocycles. The van der Waals surface area contributed by atoms with Crippen LogP contribution >= 0.6 is 11.3 Å². The van der Waals surface area contributed by atoms with Gasteiger partial charge in [0.05, 0.1) is 24.1 Å². The molecule has 2 fully saturated rings. The van der Waals surface area contributed by atoms with E-state index in [0.717, 1.165) is 30.8 Å². The molecule has 2 aromatic rings. The van der Waals surface area contributed by atoms with Crippen LogP contribution in [0.3, 0.4) is 0 Å². The average molecular weight is 411 g/mol. The van der Waals surface area contributed by atoms with Crippen molar-refractivity contribution in [2.45, 2.75) is 36.6 Å². The van der Waals surface area contributed by atoms with Crippen LogP contribution in [-0.2, 0) is 14.8 Å². The molecule has 2 aliphatic rings. The predicted octanol–water partition coefficient (Wildman–Crippen LogP) is 2.34. The van der Waals surface area contributed by atoms with Gasteiger partial charge in [-0.3, -0.25) is 9.58 Å². The van der Waals surface area contributed by atoms with Crippen molar-refractivity contribution in [3.05, 3.63) is 23.7 Å². The van der Waals surface area contributed by atoms with Crippen LogP contribution in [0.25, 0.3) is 10.6 Å². The van der Waals surface area contributed by atoms with E-state index in [-0.39, 0.29) is 0 Å². The number of hydrogen-bond donors (Lipinski definition) is 1. The van der Waals surface area contributed by atoms with Gasteiger partial charge in [0.2, 0.25) is 10.0 Å². The highest BCUT2D eigenvalue weighted by molar-refractivity contribution is 7.89. The van der Waals surface area contributed by atoms with Crippen LogP contribution in [-0.4, -0.2) is 62.5 Å². The van der Waals surface area contributed by atoms with Crippen LogP contribution in [0.4, 0.5) is 0 Å². The van der Waals surface area contributed by atoms with Gasteiger partial charge in [0.15, 0.2) is 0 Å². The number of thiophene rings is 1. The molecule has 0 amide bonds. The van der Waals surface area contributed by atoms with E-state index in [1.165, 1.54) is 24.2 Å². The molecule has 4 rings (SSSR count). The summed E-state index contributed by atoms with van der Waals surface area (Å²) in [4.78, 5) is 3.40. The van der Waals surface area contributed by atoms with Crippen molar-refractivity contribution in [1.82, 2.24) is 19.4 Å². The van der Waals surface area contributed by atoms with E-state index in [1.807, 2.05) is 22.2 Å². The van der Waals surface area contributed by atoms with Gasteiger partial charge in [-0.05, 0) is 24.3 Å². The fourth-order valence-corrected chi connectivity index (χ4v) is 5.71. The first-order chi connectivity index (χ1) is 13.1. The van der Waals surface area contributed by atoms with Crippen molar-refractivity contribution in [3.63, 3.8) is 0 Å². The van der Waals surface area contributed by atoms with Crippen molar-refractivity contribution in [1.29, 1.82) is 0 Å². The van der Waals surface area contributed by atoms with Crippen LogP contribution in [0.15, 0.2) is 28.6 Å². The Labute approximate surface area is 164 Å². The van der Waals surface area contributed by atoms with E-state index in [9.17, 15) is 8.42 Å². The second-order valence-corrected chi connectivity index (χ2v) is 9.77. The SMILES string of the molecule is O=S(=O)(NCCN1CCOCC1)c1cn(C2CCCC2)nc1-c1cccs1. The number of aromatic nitrogens is 2. The lowest BCUT2D eigenvalue weighted by molar-refractivity contribution is 0.0390. The Hall–Kier alpha value is -1.26. The fourth-order valence-electron chi connectivity index (χ4n) is 3.75. The quantitative estimate of drug-likeness (QED) is 0.758. The average Bonchev–Trinajstić information content (AvgIpc) is 3.42. The molecule has 0 spiro atoms. The van der Waals surface area contributed by atoms with E-state index in [1.54, 1.807) is 6.20 Å². The number of hydrogen-bond acceptors (Lipinski definition) is 6. The van der Waals surface area contributed by atoms with Gasteiger partial charge in [0.1, 0.15) is 10.6 Å². The first-order valence-corrected chi connectivity index (χ1v) is 11.9. The van der Waals surface area contributed by atoms with Gasteiger partial charge in [0.25, 0.3) is 0 Å². The smallest absolute Gasteiger partial charge is 0.244 e. The van der Waals surface area contributed by atoms with E-state index in [4.69, 9.17) is 4.74 Å². The number of nitrogens with zero attached hydrogens (tertiary/aromatic N) is 3. The maximum atomic E-state index is 13.0. The van der Waals surface area contributed by atoms with E-state index >= 15 is 0 Å². The fraction of sp³-hybridized carbons (Fsp3) is 0.611. The summed E-state index contributed by atoms with van der Waals surface area (Å²) in [6.07, 6.45) is 6.21. The minimum Gasteiger partial charge on any atom is -0.379 e.